The van der Waals surface area contributed by atoms with Gasteiger partial charge in [0.1, 0.15) is 6.04 Å². The van der Waals surface area contributed by atoms with E-state index in [0.717, 1.165) is 25.7 Å². The molecule has 0 spiro atoms. The van der Waals surface area contributed by atoms with Crippen molar-refractivity contribution in [3.8, 4) is 0 Å². The van der Waals surface area contributed by atoms with Crippen molar-refractivity contribution in [3.05, 3.63) is 34.9 Å². The first-order chi connectivity index (χ1) is 12.6. The molecule has 0 saturated carbocycles. The molecule has 2 heterocycles. The van der Waals surface area contributed by atoms with Crippen molar-refractivity contribution in [2.45, 2.75) is 52.0 Å². The van der Waals surface area contributed by atoms with E-state index in [4.69, 9.17) is 4.74 Å². The molecule has 0 radical (unpaired) electrons. The van der Waals surface area contributed by atoms with E-state index in [1.165, 1.54) is 16.7 Å². The van der Waals surface area contributed by atoms with Crippen LogP contribution >= 0.6 is 0 Å². The highest BCUT2D eigenvalue weighted by atomic mass is 16.5. The van der Waals surface area contributed by atoms with Gasteiger partial charge in [0.25, 0.3) is 0 Å². The molecule has 2 aliphatic heterocycles. The van der Waals surface area contributed by atoms with Crippen molar-refractivity contribution in [1.82, 2.24) is 9.80 Å². The summed E-state index contributed by atoms with van der Waals surface area (Å²) >= 11 is 0. The second-order valence-electron chi connectivity index (χ2n) is 7.45. The van der Waals surface area contributed by atoms with Crippen LogP contribution in [-0.4, -0.2) is 60.5 Å². The predicted octanol–water partition coefficient (Wildman–Crippen LogP) is 2.48. The summed E-state index contributed by atoms with van der Waals surface area (Å²) in [6.07, 6.45) is 3.96. The monoisotopic (exact) mass is 358 g/mol. The lowest BCUT2D eigenvalue weighted by atomic mass is 10.0. The number of nitrogens with zero attached hydrogens (tertiary/aromatic N) is 2. The van der Waals surface area contributed by atoms with Crippen molar-refractivity contribution in [2.75, 3.05) is 32.8 Å². The van der Waals surface area contributed by atoms with Crippen LogP contribution in [0.25, 0.3) is 0 Å². The molecule has 0 bridgehead atoms. The molecule has 2 saturated heterocycles. The van der Waals surface area contributed by atoms with Crippen molar-refractivity contribution >= 4 is 11.8 Å². The van der Waals surface area contributed by atoms with Crippen LogP contribution in [0.2, 0.25) is 0 Å². The second-order valence-corrected chi connectivity index (χ2v) is 7.45. The van der Waals surface area contributed by atoms with Gasteiger partial charge in [-0.25, -0.2) is 0 Å². The summed E-state index contributed by atoms with van der Waals surface area (Å²) in [4.78, 5) is 29.1. The van der Waals surface area contributed by atoms with Crippen LogP contribution in [0.4, 0.5) is 0 Å². The Morgan fingerprint density at radius 1 is 1.12 bits per heavy atom. The lowest BCUT2D eigenvalue weighted by Crippen LogP contribution is -2.51. The third kappa shape index (κ3) is 4.44. The molecule has 2 amide bonds. The van der Waals surface area contributed by atoms with E-state index < -0.39 is 0 Å². The Balaban J connectivity index is 1.51. The third-order valence-electron chi connectivity index (χ3n) is 5.61. The number of rotatable bonds is 5. The van der Waals surface area contributed by atoms with Gasteiger partial charge in [0, 0.05) is 26.1 Å². The predicted molar refractivity (Wildman–Crippen MR) is 101 cm³/mol. The number of ether oxygens (including phenoxy) is 1. The first kappa shape index (κ1) is 18.9. The van der Waals surface area contributed by atoms with Crippen LogP contribution in [0.5, 0.6) is 0 Å². The molecule has 0 N–H and O–H groups in total. The van der Waals surface area contributed by atoms with Crippen LogP contribution < -0.4 is 0 Å². The fraction of sp³-hybridized carbons (Fsp3) is 0.619. The molecule has 5 heteroatoms. The largest absolute Gasteiger partial charge is 0.378 e. The van der Waals surface area contributed by atoms with E-state index in [-0.39, 0.29) is 17.9 Å². The molecule has 5 nitrogen and oxygen atoms in total. The normalized spacial score (nSPS) is 20.5. The van der Waals surface area contributed by atoms with Gasteiger partial charge in [0.2, 0.25) is 11.8 Å². The van der Waals surface area contributed by atoms with Gasteiger partial charge in [-0.15, -0.1) is 0 Å². The van der Waals surface area contributed by atoms with Crippen molar-refractivity contribution in [3.63, 3.8) is 0 Å². The molecular formula is C21H30N2O3. The van der Waals surface area contributed by atoms with Crippen LogP contribution in [0.15, 0.2) is 18.2 Å². The van der Waals surface area contributed by atoms with E-state index in [1.54, 1.807) is 0 Å². The van der Waals surface area contributed by atoms with Gasteiger partial charge in [-0.3, -0.25) is 9.59 Å². The number of likely N-dealkylation sites (tertiary alicyclic amines) is 1. The summed E-state index contributed by atoms with van der Waals surface area (Å²) in [7, 11) is 0. The fourth-order valence-electron chi connectivity index (χ4n) is 3.86. The standard InChI is InChI=1S/C21H30N2O3/c1-16-8-9-18(15-17(16)2)5-3-7-20(24)23-10-4-6-19(23)21(25)22-11-13-26-14-12-22/h8-9,15,19H,3-7,10-14H2,1-2H3. The van der Waals surface area contributed by atoms with Crippen LogP contribution in [0.3, 0.4) is 0 Å². The Kier molecular flexibility index (Phi) is 6.30. The highest BCUT2D eigenvalue weighted by Crippen LogP contribution is 2.22. The Hall–Kier alpha value is -1.88. The molecule has 2 aliphatic rings. The molecule has 0 aliphatic carbocycles. The third-order valence-corrected chi connectivity index (χ3v) is 5.61. The second kappa shape index (κ2) is 8.67. The topological polar surface area (TPSA) is 49.9 Å². The summed E-state index contributed by atoms with van der Waals surface area (Å²) in [6, 6.07) is 6.24. The Labute approximate surface area is 156 Å². The number of carbonyl (C=O) groups excluding carboxylic acids is 2. The highest BCUT2D eigenvalue weighted by Gasteiger charge is 2.36. The van der Waals surface area contributed by atoms with Crippen LogP contribution in [-0.2, 0) is 20.7 Å². The van der Waals surface area contributed by atoms with E-state index in [0.29, 0.717) is 39.3 Å². The fourth-order valence-corrected chi connectivity index (χ4v) is 3.86. The first-order valence-electron chi connectivity index (χ1n) is 9.78. The van der Waals surface area contributed by atoms with Gasteiger partial charge >= 0.3 is 0 Å². The van der Waals surface area contributed by atoms with Gasteiger partial charge in [-0.2, -0.15) is 0 Å². The number of benzene rings is 1. The molecule has 1 atom stereocenters. The number of amides is 2. The maximum Gasteiger partial charge on any atom is 0.245 e. The summed E-state index contributed by atoms with van der Waals surface area (Å²) in [6.45, 7) is 7.43. The maximum atomic E-state index is 12.8. The molecule has 1 unspecified atom stereocenters. The Bertz CT molecular complexity index is 653. The Morgan fingerprint density at radius 2 is 1.88 bits per heavy atom. The summed E-state index contributed by atoms with van der Waals surface area (Å²) in [5.74, 6) is 0.228. The van der Waals surface area contributed by atoms with Gasteiger partial charge in [0.15, 0.2) is 0 Å². The molecule has 0 aromatic heterocycles. The number of hydrogen-bond donors (Lipinski definition) is 0. The van der Waals surface area contributed by atoms with Gasteiger partial charge in [-0.05, 0) is 56.2 Å². The summed E-state index contributed by atoms with van der Waals surface area (Å²) in [5.41, 5.74) is 3.87. The van der Waals surface area contributed by atoms with Crippen LogP contribution in [0.1, 0.15) is 42.4 Å². The average Bonchev–Trinajstić information content (AvgIpc) is 3.14. The zero-order chi connectivity index (χ0) is 18.5. The molecule has 1 aromatic rings. The molecule has 26 heavy (non-hydrogen) atoms. The minimum atomic E-state index is -0.262. The van der Waals surface area contributed by atoms with Gasteiger partial charge < -0.3 is 14.5 Å². The molecular weight excluding hydrogens is 328 g/mol. The first-order valence-corrected chi connectivity index (χ1v) is 9.78. The van der Waals surface area contributed by atoms with E-state index >= 15 is 0 Å². The molecule has 3 rings (SSSR count). The highest BCUT2D eigenvalue weighted by molar-refractivity contribution is 5.88. The van der Waals surface area contributed by atoms with Crippen molar-refractivity contribution in [1.29, 1.82) is 0 Å². The lowest BCUT2D eigenvalue weighted by molar-refractivity contribution is -0.146. The quantitative estimate of drug-likeness (QED) is 0.812. The smallest absolute Gasteiger partial charge is 0.245 e. The number of carbonyl (C=O) groups is 2. The maximum absolute atomic E-state index is 12.8. The van der Waals surface area contributed by atoms with E-state index in [9.17, 15) is 9.59 Å². The molecule has 1 aromatic carbocycles. The number of morpholine rings is 1. The minimum absolute atomic E-state index is 0.105. The van der Waals surface area contributed by atoms with Crippen molar-refractivity contribution < 1.29 is 14.3 Å². The average molecular weight is 358 g/mol. The minimum Gasteiger partial charge on any atom is -0.378 e. The summed E-state index contributed by atoms with van der Waals surface area (Å²) < 4.78 is 5.32. The van der Waals surface area contributed by atoms with Gasteiger partial charge in [-0.1, -0.05) is 18.2 Å². The number of hydrogen-bond acceptors (Lipinski definition) is 3. The SMILES string of the molecule is Cc1ccc(CCCC(=O)N2CCCC2C(=O)N2CCOCC2)cc1C. The zero-order valence-electron chi connectivity index (χ0n) is 16.0. The van der Waals surface area contributed by atoms with Gasteiger partial charge in [0.05, 0.1) is 13.2 Å². The zero-order valence-corrected chi connectivity index (χ0v) is 16.0. The molecule has 2 fully saturated rings. The number of aryl methyl sites for hydroxylation is 3. The molecule has 142 valence electrons. The van der Waals surface area contributed by atoms with E-state index in [2.05, 4.69) is 32.0 Å². The lowest BCUT2D eigenvalue weighted by Gasteiger charge is -2.32. The Morgan fingerprint density at radius 3 is 2.62 bits per heavy atom. The van der Waals surface area contributed by atoms with Crippen molar-refractivity contribution in [2.24, 2.45) is 0 Å². The summed E-state index contributed by atoms with van der Waals surface area (Å²) in [5, 5.41) is 0. The van der Waals surface area contributed by atoms with Crippen LogP contribution in [0, 0.1) is 13.8 Å². The van der Waals surface area contributed by atoms with E-state index in [1.807, 2.05) is 9.80 Å².